The summed E-state index contributed by atoms with van der Waals surface area (Å²) in [6.45, 7) is 2.51. The van der Waals surface area contributed by atoms with Gasteiger partial charge in [0.25, 0.3) is 0 Å². The van der Waals surface area contributed by atoms with E-state index >= 15 is 0 Å². The van der Waals surface area contributed by atoms with Gasteiger partial charge < -0.3 is 10.4 Å². The summed E-state index contributed by atoms with van der Waals surface area (Å²) in [4.78, 5) is 15.0. The number of aliphatic hydroxyl groups is 1. The fourth-order valence-corrected chi connectivity index (χ4v) is 3.99. The van der Waals surface area contributed by atoms with Crippen molar-refractivity contribution in [3.05, 3.63) is 35.4 Å². The number of carbonyl (C=O) groups excluding carboxylic acids is 1. The third-order valence-electron chi connectivity index (χ3n) is 5.42. The van der Waals surface area contributed by atoms with Crippen LogP contribution in [-0.2, 0) is 17.9 Å². The van der Waals surface area contributed by atoms with E-state index in [1.54, 1.807) is 0 Å². The van der Waals surface area contributed by atoms with Gasteiger partial charge in [-0.25, -0.2) is 0 Å². The molecule has 0 radical (unpaired) electrons. The molecule has 23 heavy (non-hydrogen) atoms. The van der Waals surface area contributed by atoms with Crippen LogP contribution in [0.15, 0.2) is 24.3 Å². The number of likely N-dealkylation sites (tertiary alicyclic amines) is 1. The third kappa shape index (κ3) is 4.12. The van der Waals surface area contributed by atoms with Crippen LogP contribution in [0.5, 0.6) is 0 Å². The molecule has 1 aromatic rings. The molecule has 1 amide bonds. The average molecular weight is 316 g/mol. The molecule has 0 bridgehead atoms. The number of nitrogens with zero attached hydrogens (tertiary/aromatic N) is 1. The van der Waals surface area contributed by atoms with Gasteiger partial charge in [-0.2, -0.15) is 0 Å². The molecule has 126 valence electrons. The molecule has 2 fully saturated rings. The molecule has 1 aliphatic carbocycles. The van der Waals surface area contributed by atoms with Crippen LogP contribution in [0.1, 0.15) is 49.7 Å². The first-order valence-corrected chi connectivity index (χ1v) is 8.97. The topological polar surface area (TPSA) is 52.6 Å². The Kier molecular flexibility index (Phi) is 5.68. The van der Waals surface area contributed by atoms with Crippen LogP contribution in [0.2, 0.25) is 0 Å². The third-order valence-corrected chi connectivity index (χ3v) is 5.42. The van der Waals surface area contributed by atoms with E-state index in [1.807, 2.05) is 24.3 Å². The normalized spacial score (nSPS) is 23.1. The molecular formula is C19H28N2O2. The molecule has 1 aliphatic heterocycles. The fourth-order valence-electron chi connectivity index (χ4n) is 3.99. The number of nitrogens with one attached hydrogen (secondary N) is 1. The number of carbonyl (C=O) groups is 1. The minimum Gasteiger partial charge on any atom is -0.392 e. The number of hydrogen-bond acceptors (Lipinski definition) is 3. The lowest BCUT2D eigenvalue weighted by atomic mass is 9.94. The highest BCUT2D eigenvalue weighted by Gasteiger charge is 2.32. The summed E-state index contributed by atoms with van der Waals surface area (Å²) in [6, 6.07) is 8.44. The van der Waals surface area contributed by atoms with Crippen molar-refractivity contribution in [2.45, 2.75) is 57.7 Å². The van der Waals surface area contributed by atoms with Crippen molar-refractivity contribution in [2.24, 2.45) is 5.92 Å². The monoisotopic (exact) mass is 316 g/mol. The van der Waals surface area contributed by atoms with Gasteiger partial charge in [0.15, 0.2) is 0 Å². The maximum absolute atomic E-state index is 12.4. The van der Waals surface area contributed by atoms with Gasteiger partial charge in [-0.05, 0) is 36.9 Å². The van der Waals surface area contributed by atoms with E-state index in [-0.39, 0.29) is 18.4 Å². The lowest BCUT2D eigenvalue weighted by molar-refractivity contribution is -0.124. The Labute approximate surface area is 138 Å². The lowest BCUT2D eigenvalue weighted by Gasteiger charge is -2.30. The summed E-state index contributed by atoms with van der Waals surface area (Å²) >= 11 is 0. The van der Waals surface area contributed by atoms with Crippen LogP contribution in [0.4, 0.5) is 0 Å². The fraction of sp³-hybridized carbons (Fsp3) is 0.632. The molecule has 1 aromatic carbocycles. The number of rotatable bonds is 5. The van der Waals surface area contributed by atoms with Crippen molar-refractivity contribution in [2.75, 3.05) is 13.1 Å². The number of hydrogen-bond donors (Lipinski definition) is 2. The first-order chi connectivity index (χ1) is 11.3. The smallest absolute Gasteiger partial charge is 0.224 e. The molecule has 0 aromatic heterocycles. The Morgan fingerprint density at radius 3 is 2.61 bits per heavy atom. The predicted octanol–water partition coefficient (Wildman–Crippen LogP) is 2.45. The van der Waals surface area contributed by atoms with Gasteiger partial charge in [-0.15, -0.1) is 0 Å². The van der Waals surface area contributed by atoms with Crippen LogP contribution < -0.4 is 5.32 Å². The maximum Gasteiger partial charge on any atom is 0.224 e. The SMILES string of the molecule is O=C(NCc1ccccc1CO)C1CCN(C2CCCCC2)C1. The van der Waals surface area contributed by atoms with E-state index < -0.39 is 0 Å². The first kappa shape index (κ1) is 16.5. The Morgan fingerprint density at radius 1 is 1.13 bits per heavy atom. The van der Waals surface area contributed by atoms with Crippen molar-refractivity contribution in [3.63, 3.8) is 0 Å². The largest absolute Gasteiger partial charge is 0.392 e. The van der Waals surface area contributed by atoms with Gasteiger partial charge in [0.05, 0.1) is 12.5 Å². The lowest BCUT2D eigenvalue weighted by Crippen LogP contribution is -2.37. The van der Waals surface area contributed by atoms with Crippen molar-refractivity contribution < 1.29 is 9.90 Å². The summed E-state index contributed by atoms with van der Waals surface area (Å²) in [5, 5.41) is 12.4. The molecule has 1 atom stereocenters. The Morgan fingerprint density at radius 2 is 1.87 bits per heavy atom. The highest BCUT2D eigenvalue weighted by atomic mass is 16.3. The number of amides is 1. The highest BCUT2D eigenvalue weighted by molar-refractivity contribution is 5.79. The minimum absolute atomic E-state index is 0.0188. The van der Waals surface area contributed by atoms with Gasteiger partial charge in [-0.3, -0.25) is 9.69 Å². The molecule has 4 nitrogen and oxygen atoms in total. The molecular weight excluding hydrogens is 288 g/mol. The highest BCUT2D eigenvalue weighted by Crippen LogP contribution is 2.27. The number of aliphatic hydroxyl groups excluding tert-OH is 1. The van der Waals surface area contributed by atoms with Crippen molar-refractivity contribution >= 4 is 5.91 Å². The molecule has 1 saturated carbocycles. The summed E-state index contributed by atoms with van der Waals surface area (Å²) in [6.07, 6.45) is 7.64. The second-order valence-electron chi connectivity index (χ2n) is 6.92. The molecule has 4 heteroatoms. The average Bonchev–Trinajstić information content (AvgIpc) is 3.11. The second-order valence-corrected chi connectivity index (χ2v) is 6.92. The summed E-state index contributed by atoms with van der Waals surface area (Å²) in [7, 11) is 0. The first-order valence-electron chi connectivity index (χ1n) is 8.97. The summed E-state index contributed by atoms with van der Waals surface area (Å²) in [5.41, 5.74) is 1.90. The molecule has 3 rings (SSSR count). The maximum atomic E-state index is 12.4. The second kappa shape index (κ2) is 7.93. The van der Waals surface area contributed by atoms with Gasteiger partial charge in [0.2, 0.25) is 5.91 Å². The summed E-state index contributed by atoms with van der Waals surface area (Å²) in [5.74, 6) is 0.286. The van der Waals surface area contributed by atoms with E-state index in [0.717, 1.165) is 30.6 Å². The van der Waals surface area contributed by atoms with Crippen LogP contribution >= 0.6 is 0 Å². The Bertz CT molecular complexity index is 526. The molecule has 2 aliphatic rings. The van der Waals surface area contributed by atoms with Crippen LogP contribution in [0, 0.1) is 5.92 Å². The Hall–Kier alpha value is -1.39. The van der Waals surface area contributed by atoms with Crippen molar-refractivity contribution in [1.29, 1.82) is 0 Å². The quantitative estimate of drug-likeness (QED) is 0.877. The van der Waals surface area contributed by atoms with Gasteiger partial charge in [-0.1, -0.05) is 43.5 Å². The molecule has 2 N–H and O–H groups in total. The zero-order valence-electron chi connectivity index (χ0n) is 13.8. The molecule has 1 heterocycles. The zero-order valence-corrected chi connectivity index (χ0v) is 13.8. The molecule has 1 unspecified atom stereocenters. The van der Waals surface area contributed by atoms with E-state index in [9.17, 15) is 9.90 Å². The summed E-state index contributed by atoms with van der Waals surface area (Å²) < 4.78 is 0. The van der Waals surface area contributed by atoms with Crippen LogP contribution in [0.25, 0.3) is 0 Å². The standard InChI is InChI=1S/C19H28N2O2/c22-14-17-7-5-4-6-15(17)12-20-19(23)16-10-11-21(13-16)18-8-2-1-3-9-18/h4-7,16,18,22H,1-3,8-14H2,(H,20,23). The molecule has 0 spiro atoms. The van der Waals surface area contributed by atoms with E-state index in [0.29, 0.717) is 12.6 Å². The number of benzene rings is 1. The van der Waals surface area contributed by atoms with Crippen molar-refractivity contribution in [3.8, 4) is 0 Å². The van der Waals surface area contributed by atoms with Crippen LogP contribution in [-0.4, -0.2) is 35.0 Å². The van der Waals surface area contributed by atoms with Gasteiger partial charge >= 0.3 is 0 Å². The van der Waals surface area contributed by atoms with E-state index in [4.69, 9.17) is 0 Å². The van der Waals surface area contributed by atoms with Gasteiger partial charge in [0.1, 0.15) is 0 Å². The zero-order chi connectivity index (χ0) is 16.1. The minimum atomic E-state index is 0.0188. The predicted molar refractivity (Wildman–Crippen MR) is 90.8 cm³/mol. The van der Waals surface area contributed by atoms with Crippen molar-refractivity contribution in [1.82, 2.24) is 10.2 Å². The van der Waals surface area contributed by atoms with Crippen LogP contribution in [0.3, 0.4) is 0 Å². The van der Waals surface area contributed by atoms with E-state index in [2.05, 4.69) is 10.2 Å². The Balaban J connectivity index is 1.49. The van der Waals surface area contributed by atoms with E-state index in [1.165, 1.54) is 32.1 Å². The molecule has 1 saturated heterocycles. The van der Waals surface area contributed by atoms with Gasteiger partial charge in [0, 0.05) is 19.1 Å².